The Bertz CT molecular complexity index is 829. The maximum absolute atomic E-state index is 12.6. The Morgan fingerprint density at radius 3 is 2.42 bits per heavy atom. The van der Waals surface area contributed by atoms with Gasteiger partial charge in [-0.15, -0.1) is 24.0 Å². The van der Waals surface area contributed by atoms with E-state index in [1.807, 2.05) is 25.1 Å². The van der Waals surface area contributed by atoms with Crippen molar-refractivity contribution in [1.29, 1.82) is 0 Å². The molecule has 2 rings (SSSR count). The molecule has 6 nitrogen and oxygen atoms in total. The fourth-order valence-corrected chi connectivity index (χ4v) is 2.56. The van der Waals surface area contributed by atoms with Crippen LogP contribution in [0, 0.1) is 0 Å². The fraction of sp³-hybridized carbons (Fsp3) is 0.381. The van der Waals surface area contributed by atoms with E-state index in [-0.39, 0.29) is 43.0 Å². The lowest BCUT2D eigenvalue weighted by molar-refractivity contribution is -0.137. The molecule has 0 aliphatic carbocycles. The summed E-state index contributed by atoms with van der Waals surface area (Å²) in [5.41, 5.74) is 0.857. The van der Waals surface area contributed by atoms with E-state index in [0.717, 1.165) is 17.8 Å². The summed E-state index contributed by atoms with van der Waals surface area (Å²) in [5, 5.41) is 5.98. The SMILES string of the molecule is CCNC(=NCc1ccc(C(F)(F)F)cc1)NCC(=O)N(C)CCc1ccccn1.I. The molecule has 2 N–H and O–H groups in total. The van der Waals surface area contributed by atoms with Gasteiger partial charge in [-0.25, -0.2) is 4.99 Å². The van der Waals surface area contributed by atoms with Gasteiger partial charge in [0.25, 0.3) is 0 Å². The Morgan fingerprint density at radius 1 is 1.13 bits per heavy atom. The molecule has 1 heterocycles. The summed E-state index contributed by atoms with van der Waals surface area (Å²) in [5.74, 6) is 0.315. The molecule has 0 radical (unpaired) electrons. The van der Waals surface area contributed by atoms with Gasteiger partial charge in [0.1, 0.15) is 0 Å². The van der Waals surface area contributed by atoms with E-state index < -0.39 is 11.7 Å². The number of carbonyl (C=O) groups is 1. The van der Waals surface area contributed by atoms with Crippen LogP contribution < -0.4 is 10.6 Å². The molecule has 31 heavy (non-hydrogen) atoms. The number of guanidine groups is 1. The Hall–Kier alpha value is -2.37. The van der Waals surface area contributed by atoms with E-state index in [1.54, 1.807) is 18.1 Å². The van der Waals surface area contributed by atoms with Crippen molar-refractivity contribution >= 4 is 35.8 Å². The van der Waals surface area contributed by atoms with Crippen LogP contribution in [0.15, 0.2) is 53.7 Å². The molecule has 0 unspecified atom stereocenters. The summed E-state index contributed by atoms with van der Waals surface area (Å²) in [4.78, 5) is 22.5. The van der Waals surface area contributed by atoms with Gasteiger partial charge in [-0.2, -0.15) is 13.2 Å². The molecule has 2 aromatic rings. The molecule has 0 saturated carbocycles. The number of pyridine rings is 1. The molecular weight excluding hydrogens is 522 g/mol. The number of likely N-dealkylation sites (N-methyl/N-ethyl adjacent to an activating group) is 1. The Kier molecular flexibility index (Phi) is 11.3. The van der Waals surface area contributed by atoms with Gasteiger partial charge in [0.15, 0.2) is 5.96 Å². The molecule has 1 amide bonds. The number of nitrogens with zero attached hydrogens (tertiary/aromatic N) is 3. The van der Waals surface area contributed by atoms with Gasteiger partial charge in [0.05, 0.1) is 18.7 Å². The van der Waals surface area contributed by atoms with Crippen molar-refractivity contribution in [2.75, 3.05) is 26.7 Å². The monoisotopic (exact) mass is 549 g/mol. The minimum Gasteiger partial charge on any atom is -0.357 e. The second-order valence-electron chi connectivity index (χ2n) is 6.63. The summed E-state index contributed by atoms with van der Waals surface area (Å²) >= 11 is 0. The van der Waals surface area contributed by atoms with Crippen molar-refractivity contribution in [2.24, 2.45) is 4.99 Å². The minimum atomic E-state index is -4.36. The van der Waals surface area contributed by atoms with Gasteiger partial charge in [-0.3, -0.25) is 9.78 Å². The highest BCUT2D eigenvalue weighted by atomic mass is 127. The molecule has 0 saturated heterocycles. The maximum Gasteiger partial charge on any atom is 0.416 e. The minimum absolute atomic E-state index is 0. The predicted molar refractivity (Wildman–Crippen MR) is 125 cm³/mol. The lowest BCUT2D eigenvalue weighted by Crippen LogP contribution is -2.44. The van der Waals surface area contributed by atoms with E-state index in [4.69, 9.17) is 0 Å². The Balaban J connectivity index is 0.00000480. The number of benzene rings is 1. The lowest BCUT2D eigenvalue weighted by Gasteiger charge is -2.18. The highest BCUT2D eigenvalue weighted by Gasteiger charge is 2.29. The number of halogens is 4. The van der Waals surface area contributed by atoms with Crippen molar-refractivity contribution in [3.8, 4) is 0 Å². The molecule has 170 valence electrons. The summed E-state index contributed by atoms with van der Waals surface area (Å²) in [7, 11) is 1.72. The molecule has 0 spiro atoms. The largest absolute Gasteiger partial charge is 0.416 e. The van der Waals surface area contributed by atoms with Crippen LogP contribution in [0.25, 0.3) is 0 Å². The van der Waals surface area contributed by atoms with Crippen molar-refractivity contribution in [3.05, 3.63) is 65.5 Å². The number of aromatic nitrogens is 1. The van der Waals surface area contributed by atoms with Gasteiger partial charge in [-0.1, -0.05) is 18.2 Å². The topological polar surface area (TPSA) is 69.6 Å². The Labute approximate surface area is 197 Å². The van der Waals surface area contributed by atoms with Crippen LogP contribution in [0.2, 0.25) is 0 Å². The van der Waals surface area contributed by atoms with Crippen molar-refractivity contribution in [1.82, 2.24) is 20.5 Å². The smallest absolute Gasteiger partial charge is 0.357 e. The number of nitrogens with one attached hydrogen (secondary N) is 2. The van der Waals surface area contributed by atoms with Gasteiger partial charge in [0.2, 0.25) is 5.91 Å². The number of hydrogen-bond donors (Lipinski definition) is 2. The zero-order valence-corrected chi connectivity index (χ0v) is 19.8. The quantitative estimate of drug-likeness (QED) is 0.301. The molecule has 0 aliphatic rings. The highest BCUT2D eigenvalue weighted by Crippen LogP contribution is 2.29. The van der Waals surface area contributed by atoms with E-state index in [1.165, 1.54) is 12.1 Å². The van der Waals surface area contributed by atoms with Crippen molar-refractivity contribution in [3.63, 3.8) is 0 Å². The number of amides is 1. The first-order valence-electron chi connectivity index (χ1n) is 9.61. The van der Waals surface area contributed by atoms with Crippen LogP contribution in [0.3, 0.4) is 0 Å². The third kappa shape index (κ3) is 9.53. The second kappa shape index (κ2) is 13.1. The molecule has 0 fully saturated rings. The summed E-state index contributed by atoms with van der Waals surface area (Å²) < 4.78 is 37.9. The summed E-state index contributed by atoms with van der Waals surface area (Å²) in [6.07, 6.45) is -1.99. The van der Waals surface area contributed by atoms with Crippen molar-refractivity contribution in [2.45, 2.75) is 26.1 Å². The summed E-state index contributed by atoms with van der Waals surface area (Å²) in [6.45, 7) is 3.25. The van der Waals surface area contributed by atoms with E-state index in [0.29, 0.717) is 31.0 Å². The van der Waals surface area contributed by atoms with E-state index >= 15 is 0 Å². The normalized spacial score (nSPS) is 11.5. The van der Waals surface area contributed by atoms with Crippen LogP contribution in [-0.2, 0) is 23.9 Å². The van der Waals surface area contributed by atoms with Crippen LogP contribution >= 0.6 is 24.0 Å². The zero-order valence-electron chi connectivity index (χ0n) is 17.4. The van der Waals surface area contributed by atoms with Gasteiger partial charge in [-0.05, 0) is 36.8 Å². The highest BCUT2D eigenvalue weighted by molar-refractivity contribution is 14.0. The first-order chi connectivity index (χ1) is 14.3. The molecule has 1 aromatic carbocycles. The predicted octanol–water partition coefficient (Wildman–Crippen LogP) is 3.47. The third-order valence-electron chi connectivity index (χ3n) is 4.31. The third-order valence-corrected chi connectivity index (χ3v) is 4.31. The average Bonchev–Trinajstić information content (AvgIpc) is 2.74. The van der Waals surface area contributed by atoms with Crippen LogP contribution in [0.4, 0.5) is 13.2 Å². The van der Waals surface area contributed by atoms with E-state index in [9.17, 15) is 18.0 Å². The molecule has 0 bridgehead atoms. The molecule has 1 aromatic heterocycles. The maximum atomic E-state index is 12.6. The fourth-order valence-electron chi connectivity index (χ4n) is 2.56. The molecule has 10 heteroatoms. The standard InChI is InChI=1S/C21H26F3N5O.HI/c1-3-25-20(27-14-16-7-9-17(10-8-16)21(22,23)24)28-15-19(30)29(2)13-11-18-6-4-5-12-26-18;/h4-10,12H,3,11,13-15H2,1-2H3,(H2,25,27,28);1H. The number of hydrogen-bond acceptors (Lipinski definition) is 3. The summed E-state index contributed by atoms with van der Waals surface area (Å²) in [6, 6.07) is 10.5. The van der Waals surface area contributed by atoms with Gasteiger partial charge < -0.3 is 15.5 Å². The average molecular weight is 549 g/mol. The van der Waals surface area contributed by atoms with Crippen LogP contribution in [0.1, 0.15) is 23.7 Å². The van der Waals surface area contributed by atoms with Gasteiger partial charge in [0, 0.05) is 38.4 Å². The van der Waals surface area contributed by atoms with Crippen molar-refractivity contribution < 1.29 is 18.0 Å². The molecule has 0 aliphatic heterocycles. The first-order valence-corrected chi connectivity index (χ1v) is 9.61. The van der Waals surface area contributed by atoms with Gasteiger partial charge >= 0.3 is 6.18 Å². The van der Waals surface area contributed by atoms with Crippen LogP contribution in [0.5, 0.6) is 0 Å². The number of aliphatic imine (C=N–C) groups is 1. The number of carbonyl (C=O) groups excluding carboxylic acids is 1. The number of rotatable bonds is 8. The molecular formula is C21H27F3IN5O. The van der Waals surface area contributed by atoms with Crippen LogP contribution in [-0.4, -0.2) is 48.4 Å². The Morgan fingerprint density at radius 2 is 1.84 bits per heavy atom. The zero-order chi connectivity index (χ0) is 22.0. The first kappa shape index (κ1) is 26.7. The van der Waals surface area contributed by atoms with E-state index in [2.05, 4.69) is 20.6 Å². The lowest BCUT2D eigenvalue weighted by atomic mass is 10.1. The molecule has 0 atom stereocenters. The number of alkyl halides is 3. The second-order valence-corrected chi connectivity index (χ2v) is 6.63.